The van der Waals surface area contributed by atoms with Crippen molar-refractivity contribution < 1.29 is 26.2 Å². The van der Waals surface area contributed by atoms with Crippen LogP contribution in [0.5, 0.6) is 0 Å². The first kappa shape index (κ1) is 35.0. The molecule has 0 fully saturated rings. The molecule has 5 aromatic carbocycles. The Labute approximate surface area is 249 Å². The fraction of sp³-hybridized carbons (Fsp3) is 0.257. The van der Waals surface area contributed by atoms with E-state index in [0.717, 1.165) is 22.4 Å². The predicted octanol–water partition coefficient (Wildman–Crippen LogP) is 10.0. The van der Waals surface area contributed by atoms with Gasteiger partial charge in [-0.15, -0.1) is 81.2 Å². The third-order valence-electron chi connectivity index (χ3n) is 5.29. The second kappa shape index (κ2) is 22.0. The molecular formula is C35H44SiZr. The summed E-state index contributed by atoms with van der Waals surface area (Å²) >= 11 is 0. The summed E-state index contributed by atoms with van der Waals surface area (Å²) in [7, 11) is 0.930. The maximum Gasteiger partial charge on any atom is 4.00 e. The smallest absolute Gasteiger partial charge is 0.343 e. The van der Waals surface area contributed by atoms with Gasteiger partial charge in [-0.05, 0) is 0 Å². The van der Waals surface area contributed by atoms with Crippen molar-refractivity contribution in [3.63, 3.8) is 0 Å². The van der Waals surface area contributed by atoms with Crippen LogP contribution in [0.15, 0.2) is 103 Å². The van der Waals surface area contributed by atoms with Crippen molar-refractivity contribution in [3.8, 4) is 0 Å². The summed E-state index contributed by atoms with van der Waals surface area (Å²) in [6.45, 7) is 17.9. The van der Waals surface area contributed by atoms with Gasteiger partial charge in [0.1, 0.15) is 0 Å². The molecule has 0 saturated carbocycles. The molecule has 0 amide bonds. The van der Waals surface area contributed by atoms with Crippen LogP contribution in [0.1, 0.15) is 50.7 Å². The van der Waals surface area contributed by atoms with Gasteiger partial charge in [0.2, 0.25) is 0 Å². The molecule has 0 heterocycles. The van der Waals surface area contributed by atoms with E-state index >= 15 is 0 Å². The van der Waals surface area contributed by atoms with Gasteiger partial charge >= 0.3 is 26.2 Å². The summed E-state index contributed by atoms with van der Waals surface area (Å²) in [5.74, 6) is 0. The van der Waals surface area contributed by atoms with Gasteiger partial charge < -0.3 is 13.8 Å². The summed E-state index contributed by atoms with van der Waals surface area (Å²) in [5, 5.41) is 6.83. The molecule has 2 radical (unpaired) electrons. The Morgan fingerprint density at radius 1 is 0.622 bits per heavy atom. The molecule has 0 nitrogen and oxygen atoms in total. The minimum absolute atomic E-state index is 0. The maximum absolute atomic E-state index is 3.60. The SMILES string of the molecule is C[Si]c1ccccc1.Cc1cc2ccccc2[cH-]1.Cc1cc2ccccc2[cH-]1.[CH2-]CCC.[CH2-]CCC.[Zr+4]. The molecule has 2 heteroatoms. The number of fused-ring (bicyclic) bond motifs is 2. The zero-order valence-corrected chi connectivity index (χ0v) is 27.0. The van der Waals surface area contributed by atoms with Crippen LogP contribution in [-0.2, 0) is 26.2 Å². The molecule has 0 N–H and O–H groups in total. The zero-order chi connectivity index (χ0) is 26.6. The van der Waals surface area contributed by atoms with Gasteiger partial charge in [0.05, 0.1) is 9.52 Å². The van der Waals surface area contributed by atoms with E-state index in [-0.39, 0.29) is 26.2 Å². The molecule has 5 rings (SSSR count). The summed E-state index contributed by atoms with van der Waals surface area (Å²) in [5.41, 5.74) is 2.70. The Hall–Kier alpha value is -2.02. The van der Waals surface area contributed by atoms with E-state index in [0.29, 0.717) is 0 Å². The van der Waals surface area contributed by atoms with E-state index in [1.807, 2.05) is 6.07 Å². The quantitative estimate of drug-likeness (QED) is 0.146. The standard InChI is InChI=1S/2C10H9.C7H8Si.2C4H9.Zr/c2*1-8-6-9-4-2-3-5-10(9)7-8;1-8-7-5-3-2-4-6-7;2*1-3-4-2;/h2*2-7H,1H3;2-6H,1H3;2*1,3-4H2,2H3;/q2*-1;;2*-1;+4. The minimum atomic E-state index is 0. The monoisotopic (exact) mass is 582 g/mol. The summed E-state index contributed by atoms with van der Waals surface area (Å²) in [6.07, 6.45) is 4.56. The van der Waals surface area contributed by atoms with Crippen LogP contribution < -0.4 is 5.19 Å². The van der Waals surface area contributed by atoms with Crippen molar-refractivity contribution in [2.75, 3.05) is 0 Å². The van der Waals surface area contributed by atoms with Crippen LogP contribution in [0.2, 0.25) is 6.55 Å². The van der Waals surface area contributed by atoms with E-state index in [4.69, 9.17) is 0 Å². The predicted molar refractivity (Wildman–Crippen MR) is 167 cm³/mol. The third-order valence-corrected chi connectivity index (χ3v) is 6.20. The molecule has 0 spiro atoms. The molecule has 0 aromatic heterocycles. The molecule has 0 bridgehead atoms. The Bertz CT molecular complexity index is 1040. The number of hydrogen-bond acceptors (Lipinski definition) is 0. The van der Waals surface area contributed by atoms with E-state index in [1.165, 1.54) is 50.7 Å². The number of rotatable bonds is 3. The third kappa shape index (κ3) is 15.1. The van der Waals surface area contributed by atoms with Gasteiger partial charge in [-0.25, -0.2) is 0 Å². The molecule has 5 aromatic rings. The van der Waals surface area contributed by atoms with Crippen LogP contribution in [0.4, 0.5) is 0 Å². The van der Waals surface area contributed by atoms with Crippen molar-refractivity contribution >= 4 is 36.3 Å². The molecule has 0 aliphatic heterocycles. The fourth-order valence-electron chi connectivity index (χ4n) is 3.22. The second-order valence-corrected chi connectivity index (χ2v) is 9.72. The summed E-state index contributed by atoms with van der Waals surface area (Å²) in [6, 6.07) is 36.2. The van der Waals surface area contributed by atoms with Crippen molar-refractivity contribution in [1.29, 1.82) is 0 Å². The first-order chi connectivity index (χ1) is 17.5. The van der Waals surface area contributed by atoms with Crippen LogP contribution in [0.25, 0.3) is 21.5 Å². The topological polar surface area (TPSA) is 0 Å². The molecule has 0 aliphatic rings. The average Bonchev–Trinajstić information content (AvgIpc) is 3.50. The molecule has 0 saturated heterocycles. The van der Waals surface area contributed by atoms with E-state index < -0.39 is 0 Å². The maximum atomic E-state index is 3.60. The van der Waals surface area contributed by atoms with Gasteiger partial charge in [-0.1, -0.05) is 94.7 Å². The normalized spacial score (nSPS) is 9.27. The van der Waals surface area contributed by atoms with Crippen LogP contribution in [0, 0.1) is 27.7 Å². The van der Waals surface area contributed by atoms with E-state index in [9.17, 15) is 0 Å². The Kier molecular flexibility index (Phi) is 20.8. The number of aryl methyl sites for hydroxylation is 2. The van der Waals surface area contributed by atoms with Crippen molar-refractivity contribution in [1.82, 2.24) is 0 Å². The fourth-order valence-corrected chi connectivity index (χ4v) is 3.74. The zero-order valence-electron chi connectivity index (χ0n) is 23.6. The Balaban J connectivity index is 0.000000458. The molecule has 0 unspecified atom stereocenters. The first-order valence-corrected chi connectivity index (χ1v) is 14.5. The van der Waals surface area contributed by atoms with Crippen LogP contribution in [-0.4, -0.2) is 9.52 Å². The molecular weight excluding hydrogens is 540 g/mol. The average molecular weight is 584 g/mol. The van der Waals surface area contributed by atoms with Gasteiger partial charge in [0.25, 0.3) is 0 Å². The van der Waals surface area contributed by atoms with Gasteiger partial charge in [0.15, 0.2) is 0 Å². The summed E-state index contributed by atoms with van der Waals surface area (Å²) in [4.78, 5) is 0. The van der Waals surface area contributed by atoms with Crippen molar-refractivity contribution in [2.45, 2.75) is 59.9 Å². The largest absolute Gasteiger partial charge is 4.00 e. The van der Waals surface area contributed by atoms with Gasteiger partial charge in [0, 0.05) is 0 Å². The molecule has 0 aliphatic carbocycles. The second-order valence-electron chi connectivity index (χ2n) is 8.65. The molecule has 37 heavy (non-hydrogen) atoms. The molecule has 0 atom stereocenters. The summed E-state index contributed by atoms with van der Waals surface area (Å²) < 4.78 is 0. The number of unbranched alkanes of at least 4 members (excludes halogenated alkanes) is 2. The van der Waals surface area contributed by atoms with Crippen LogP contribution >= 0.6 is 0 Å². The van der Waals surface area contributed by atoms with E-state index in [2.05, 4.69) is 145 Å². The van der Waals surface area contributed by atoms with Crippen molar-refractivity contribution in [2.24, 2.45) is 0 Å². The van der Waals surface area contributed by atoms with Gasteiger partial charge in [-0.3, -0.25) is 0 Å². The van der Waals surface area contributed by atoms with Gasteiger partial charge in [-0.2, -0.15) is 25.0 Å². The first-order valence-electron chi connectivity index (χ1n) is 13.0. The Morgan fingerprint density at radius 2 is 0.973 bits per heavy atom. The number of benzene rings is 3. The van der Waals surface area contributed by atoms with Crippen molar-refractivity contribution in [3.05, 3.63) is 128 Å². The number of hydrogen-bond donors (Lipinski definition) is 0. The Morgan fingerprint density at radius 3 is 1.27 bits per heavy atom. The molecule has 192 valence electrons. The van der Waals surface area contributed by atoms with E-state index in [1.54, 1.807) is 0 Å². The van der Waals surface area contributed by atoms with Crippen LogP contribution in [0.3, 0.4) is 0 Å². The minimum Gasteiger partial charge on any atom is -0.343 e.